The Morgan fingerprint density at radius 3 is 2.45 bits per heavy atom. The van der Waals surface area contributed by atoms with Gasteiger partial charge in [0.2, 0.25) is 10.9 Å². The van der Waals surface area contributed by atoms with Gasteiger partial charge in [0.25, 0.3) is 0 Å². The Morgan fingerprint density at radius 1 is 1.27 bits per heavy atom. The van der Waals surface area contributed by atoms with Crippen molar-refractivity contribution in [2.24, 2.45) is 0 Å². The van der Waals surface area contributed by atoms with Crippen LogP contribution in [0.4, 0.5) is 0 Å². The smallest absolute Gasteiger partial charge is 0.201 e. The topological polar surface area (TPSA) is 49.4 Å². The Bertz CT molecular complexity index is 167. The van der Waals surface area contributed by atoms with Crippen LogP contribution in [0.1, 0.15) is 12.8 Å². The second kappa shape index (κ2) is 4.69. The minimum Gasteiger partial charge on any atom is -0.302 e. The summed E-state index contributed by atoms with van der Waals surface area (Å²) in [7, 11) is -2.40. The maximum Gasteiger partial charge on any atom is 0.201 e. The van der Waals surface area contributed by atoms with Gasteiger partial charge in [0, 0.05) is 13.1 Å². The van der Waals surface area contributed by atoms with E-state index in [1.807, 2.05) is 0 Å². The summed E-state index contributed by atoms with van der Waals surface area (Å²) in [6.45, 7) is 3.65. The summed E-state index contributed by atoms with van der Waals surface area (Å²) < 4.78 is 22.5. The van der Waals surface area contributed by atoms with Crippen LogP contribution in [-0.2, 0) is 10.9 Å². The third-order valence-electron chi connectivity index (χ3n) is 1.87. The standard InChI is InChI=1S/C6H14N2O2S/c9-11(10)7-3-6-8-4-1-2-5-8/h11H,1-6H2,(H,7,9,10). The zero-order chi connectivity index (χ0) is 8.10. The molecule has 0 saturated carbocycles. The fourth-order valence-corrected chi connectivity index (χ4v) is 1.59. The van der Waals surface area contributed by atoms with Crippen molar-refractivity contribution in [3.8, 4) is 0 Å². The van der Waals surface area contributed by atoms with Gasteiger partial charge in [0.05, 0.1) is 0 Å². The summed E-state index contributed by atoms with van der Waals surface area (Å²) in [6, 6.07) is 0. The monoisotopic (exact) mass is 178 g/mol. The highest BCUT2D eigenvalue weighted by molar-refractivity contribution is 7.70. The van der Waals surface area contributed by atoms with E-state index in [-0.39, 0.29) is 0 Å². The van der Waals surface area contributed by atoms with E-state index < -0.39 is 10.9 Å². The number of likely N-dealkylation sites (tertiary alicyclic amines) is 1. The van der Waals surface area contributed by atoms with Gasteiger partial charge in [-0.05, 0) is 25.9 Å². The third kappa shape index (κ3) is 3.69. The summed E-state index contributed by atoms with van der Waals surface area (Å²) >= 11 is 0. The summed E-state index contributed by atoms with van der Waals surface area (Å²) in [5, 5.41) is 0. The van der Waals surface area contributed by atoms with Crippen LogP contribution in [0.2, 0.25) is 0 Å². The Hall–Kier alpha value is -0.130. The molecule has 1 saturated heterocycles. The molecule has 0 aromatic carbocycles. The van der Waals surface area contributed by atoms with E-state index in [4.69, 9.17) is 0 Å². The first-order valence-electron chi connectivity index (χ1n) is 3.89. The molecule has 1 N–H and O–H groups in total. The molecule has 0 aromatic rings. The molecule has 0 aliphatic carbocycles. The maximum atomic E-state index is 10.1. The fraction of sp³-hybridized carbons (Fsp3) is 1.00. The minimum absolute atomic E-state index is 0.554. The molecule has 0 aromatic heterocycles. The van der Waals surface area contributed by atoms with Gasteiger partial charge in [-0.3, -0.25) is 0 Å². The largest absolute Gasteiger partial charge is 0.302 e. The molecule has 0 atom stereocenters. The second-order valence-electron chi connectivity index (χ2n) is 2.71. The van der Waals surface area contributed by atoms with E-state index in [1.54, 1.807) is 0 Å². The van der Waals surface area contributed by atoms with Crippen LogP contribution >= 0.6 is 0 Å². The summed E-state index contributed by atoms with van der Waals surface area (Å²) in [5.41, 5.74) is 0. The van der Waals surface area contributed by atoms with Crippen LogP contribution in [0, 0.1) is 0 Å². The number of hydrogen-bond acceptors (Lipinski definition) is 3. The predicted octanol–water partition coefficient (Wildman–Crippen LogP) is -0.802. The van der Waals surface area contributed by atoms with Gasteiger partial charge in [-0.2, -0.15) is 0 Å². The first-order chi connectivity index (χ1) is 5.29. The molecule has 1 heterocycles. The van der Waals surface area contributed by atoms with Crippen LogP contribution in [-0.4, -0.2) is 39.5 Å². The van der Waals surface area contributed by atoms with Gasteiger partial charge in [0.15, 0.2) is 0 Å². The van der Waals surface area contributed by atoms with Crippen LogP contribution in [0.25, 0.3) is 0 Å². The van der Waals surface area contributed by atoms with Crippen LogP contribution in [0.15, 0.2) is 0 Å². The summed E-state index contributed by atoms with van der Waals surface area (Å²) in [5.74, 6) is 0. The van der Waals surface area contributed by atoms with Crippen molar-refractivity contribution in [3.05, 3.63) is 0 Å². The maximum absolute atomic E-state index is 10.1. The van der Waals surface area contributed by atoms with Crippen LogP contribution < -0.4 is 4.72 Å². The predicted molar refractivity (Wildman–Crippen MR) is 44.0 cm³/mol. The SMILES string of the molecule is O=[SH](=O)NCCN1CCCC1. The molecule has 4 nitrogen and oxygen atoms in total. The van der Waals surface area contributed by atoms with E-state index in [2.05, 4.69) is 9.62 Å². The molecule has 0 amide bonds. The molecule has 1 rings (SSSR count). The van der Waals surface area contributed by atoms with E-state index >= 15 is 0 Å². The lowest BCUT2D eigenvalue weighted by molar-refractivity contribution is 0.344. The number of rotatable bonds is 4. The van der Waals surface area contributed by atoms with Gasteiger partial charge in [-0.15, -0.1) is 0 Å². The summed E-state index contributed by atoms with van der Waals surface area (Å²) in [6.07, 6.45) is 2.51. The Labute approximate surface area is 68.7 Å². The van der Waals surface area contributed by atoms with E-state index in [0.717, 1.165) is 19.6 Å². The molecule has 66 valence electrons. The quantitative estimate of drug-likeness (QED) is 0.554. The average molecular weight is 178 g/mol. The van der Waals surface area contributed by atoms with Crippen molar-refractivity contribution in [2.75, 3.05) is 26.2 Å². The highest BCUT2D eigenvalue weighted by Crippen LogP contribution is 2.05. The molecule has 0 bridgehead atoms. The number of thiol groups is 1. The van der Waals surface area contributed by atoms with Gasteiger partial charge < -0.3 is 4.90 Å². The van der Waals surface area contributed by atoms with Crippen molar-refractivity contribution in [3.63, 3.8) is 0 Å². The lowest BCUT2D eigenvalue weighted by Gasteiger charge is -2.12. The van der Waals surface area contributed by atoms with Crippen molar-refractivity contribution < 1.29 is 8.42 Å². The number of hydrogen-bond donors (Lipinski definition) is 2. The zero-order valence-electron chi connectivity index (χ0n) is 6.45. The fourth-order valence-electron chi connectivity index (χ4n) is 1.31. The van der Waals surface area contributed by atoms with Crippen molar-refractivity contribution in [2.45, 2.75) is 12.8 Å². The van der Waals surface area contributed by atoms with Crippen molar-refractivity contribution in [1.29, 1.82) is 0 Å². The second-order valence-corrected chi connectivity index (χ2v) is 3.54. The Morgan fingerprint density at radius 2 is 1.91 bits per heavy atom. The lowest BCUT2D eigenvalue weighted by Crippen LogP contribution is -2.29. The first kappa shape index (κ1) is 8.96. The van der Waals surface area contributed by atoms with E-state index in [1.165, 1.54) is 12.8 Å². The molecule has 0 spiro atoms. The molecular formula is C6H14N2O2S. The molecule has 1 aliphatic rings. The van der Waals surface area contributed by atoms with Gasteiger partial charge in [0.1, 0.15) is 0 Å². The van der Waals surface area contributed by atoms with Gasteiger partial charge in [-0.1, -0.05) is 0 Å². The van der Waals surface area contributed by atoms with E-state index in [9.17, 15) is 8.42 Å². The first-order valence-corrected chi connectivity index (χ1v) is 5.07. The van der Waals surface area contributed by atoms with E-state index in [0.29, 0.717) is 6.54 Å². The molecule has 1 aliphatic heterocycles. The van der Waals surface area contributed by atoms with Crippen LogP contribution in [0.3, 0.4) is 0 Å². The number of nitrogens with one attached hydrogen (secondary N) is 1. The molecule has 1 fully saturated rings. The third-order valence-corrected chi connectivity index (χ3v) is 2.35. The van der Waals surface area contributed by atoms with Gasteiger partial charge in [-0.25, -0.2) is 13.1 Å². The Kier molecular flexibility index (Phi) is 3.82. The minimum atomic E-state index is -2.40. The normalized spacial score (nSPS) is 19.7. The highest BCUT2D eigenvalue weighted by atomic mass is 32.2. The Balaban J connectivity index is 2.02. The molecule has 0 unspecified atom stereocenters. The zero-order valence-corrected chi connectivity index (χ0v) is 7.35. The van der Waals surface area contributed by atoms with Crippen molar-refractivity contribution in [1.82, 2.24) is 9.62 Å². The van der Waals surface area contributed by atoms with Gasteiger partial charge >= 0.3 is 0 Å². The molecule has 11 heavy (non-hydrogen) atoms. The summed E-state index contributed by atoms with van der Waals surface area (Å²) in [4.78, 5) is 2.27. The van der Waals surface area contributed by atoms with Crippen molar-refractivity contribution >= 4 is 10.9 Å². The molecule has 0 radical (unpaired) electrons. The molecular weight excluding hydrogens is 164 g/mol. The lowest BCUT2D eigenvalue weighted by atomic mass is 10.4. The highest BCUT2D eigenvalue weighted by Gasteiger charge is 2.09. The molecule has 5 heteroatoms. The average Bonchev–Trinajstić information content (AvgIpc) is 2.39. The number of nitrogens with zero attached hydrogens (tertiary/aromatic N) is 1. The van der Waals surface area contributed by atoms with Crippen LogP contribution in [0.5, 0.6) is 0 Å².